The van der Waals surface area contributed by atoms with E-state index in [1.165, 1.54) is 0 Å². The van der Waals surface area contributed by atoms with Gasteiger partial charge in [-0.05, 0) is 42.5 Å². The number of alkyl halides is 3. The number of benzene rings is 3. The fourth-order valence-corrected chi connectivity index (χ4v) is 4.13. The summed E-state index contributed by atoms with van der Waals surface area (Å²) in [5, 5.41) is 0.977. The number of ether oxygens (including phenoxy) is 1. The second-order valence-electron chi connectivity index (χ2n) is 6.44. The Morgan fingerprint density at radius 2 is 1.53 bits per heavy atom. The number of rotatable bonds is 5. The van der Waals surface area contributed by atoms with E-state index in [4.69, 9.17) is 0 Å². The van der Waals surface area contributed by atoms with E-state index in [0.717, 1.165) is 40.9 Å². The lowest BCUT2D eigenvalue weighted by Gasteiger charge is -2.13. The molecule has 0 aliphatic carbocycles. The van der Waals surface area contributed by atoms with Crippen LogP contribution in [0.1, 0.15) is 0 Å². The molecular formula is C21H15F3N2O3S. The van der Waals surface area contributed by atoms with Crippen LogP contribution < -0.4 is 9.46 Å². The molecule has 5 nitrogen and oxygen atoms in total. The second kappa shape index (κ2) is 7.42. The van der Waals surface area contributed by atoms with Crippen molar-refractivity contribution in [2.45, 2.75) is 11.3 Å². The van der Waals surface area contributed by atoms with Crippen LogP contribution in [0.2, 0.25) is 0 Å². The molecule has 2 N–H and O–H groups in total. The summed E-state index contributed by atoms with van der Waals surface area (Å²) in [5.41, 5.74) is 2.60. The molecule has 0 unspecified atom stereocenters. The van der Waals surface area contributed by atoms with Crippen LogP contribution in [-0.4, -0.2) is 19.8 Å². The largest absolute Gasteiger partial charge is 0.573 e. The molecule has 4 rings (SSSR count). The van der Waals surface area contributed by atoms with Crippen LogP contribution in [-0.2, 0) is 10.0 Å². The van der Waals surface area contributed by atoms with E-state index in [-0.39, 0.29) is 4.90 Å². The van der Waals surface area contributed by atoms with Gasteiger partial charge in [-0.15, -0.1) is 13.2 Å². The maximum absolute atomic E-state index is 12.8. The molecule has 30 heavy (non-hydrogen) atoms. The van der Waals surface area contributed by atoms with Gasteiger partial charge >= 0.3 is 6.36 Å². The molecule has 1 aromatic heterocycles. The van der Waals surface area contributed by atoms with Crippen molar-refractivity contribution in [1.82, 2.24) is 4.98 Å². The van der Waals surface area contributed by atoms with Crippen LogP contribution in [0.5, 0.6) is 5.75 Å². The standard InChI is InChI=1S/C21H15F3N2O3S/c22-21(23,24)29-15-9-11-16(12-10-15)30(27,28)26-19-8-4-2-6-17(19)20-13-14-5-1-3-7-18(14)25-20/h1-13,25-26H. The van der Waals surface area contributed by atoms with Gasteiger partial charge in [0.15, 0.2) is 0 Å². The number of para-hydroxylation sites is 2. The fraction of sp³-hybridized carbons (Fsp3) is 0.0476. The van der Waals surface area contributed by atoms with Crippen molar-refractivity contribution in [2.24, 2.45) is 0 Å². The minimum atomic E-state index is -4.85. The smallest absolute Gasteiger partial charge is 0.406 e. The lowest BCUT2D eigenvalue weighted by Crippen LogP contribution is -2.17. The van der Waals surface area contributed by atoms with Gasteiger partial charge in [-0.25, -0.2) is 8.42 Å². The first kappa shape index (κ1) is 19.8. The summed E-state index contributed by atoms with van der Waals surface area (Å²) >= 11 is 0. The Hall–Kier alpha value is -3.46. The summed E-state index contributed by atoms with van der Waals surface area (Å²) in [4.78, 5) is 3.06. The zero-order valence-electron chi connectivity index (χ0n) is 15.3. The van der Waals surface area contributed by atoms with Crippen LogP contribution in [0.25, 0.3) is 22.2 Å². The van der Waals surface area contributed by atoms with Crippen LogP contribution in [0, 0.1) is 0 Å². The molecule has 0 saturated carbocycles. The Balaban J connectivity index is 1.64. The molecule has 1 heterocycles. The number of aromatic nitrogens is 1. The van der Waals surface area contributed by atoms with Gasteiger partial charge in [-0.1, -0.05) is 36.4 Å². The highest BCUT2D eigenvalue weighted by atomic mass is 32.2. The number of halogens is 3. The first-order valence-corrected chi connectivity index (χ1v) is 10.3. The molecule has 3 aromatic carbocycles. The Labute approximate surface area is 170 Å². The van der Waals surface area contributed by atoms with Crippen molar-refractivity contribution in [3.05, 3.63) is 78.9 Å². The minimum absolute atomic E-state index is 0.191. The Morgan fingerprint density at radius 3 is 2.23 bits per heavy atom. The van der Waals surface area contributed by atoms with Crippen LogP contribution >= 0.6 is 0 Å². The lowest BCUT2D eigenvalue weighted by atomic mass is 10.1. The molecule has 0 aliphatic rings. The normalized spacial score (nSPS) is 12.1. The minimum Gasteiger partial charge on any atom is -0.406 e. The van der Waals surface area contributed by atoms with Crippen molar-refractivity contribution >= 4 is 26.6 Å². The van der Waals surface area contributed by atoms with E-state index < -0.39 is 22.1 Å². The molecule has 0 fully saturated rings. The van der Waals surface area contributed by atoms with Gasteiger partial charge in [0, 0.05) is 22.2 Å². The molecular weight excluding hydrogens is 417 g/mol. The molecule has 4 aromatic rings. The Kier molecular flexibility index (Phi) is 4.90. The van der Waals surface area contributed by atoms with Crippen molar-refractivity contribution < 1.29 is 26.3 Å². The second-order valence-corrected chi connectivity index (χ2v) is 8.12. The number of hydrogen-bond acceptors (Lipinski definition) is 3. The first-order chi connectivity index (χ1) is 14.2. The molecule has 0 aliphatic heterocycles. The third kappa shape index (κ3) is 4.25. The van der Waals surface area contributed by atoms with Gasteiger partial charge in [0.1, 0.15) is 5.75 Å². The summed E-state index contributed by atoms with van der Waals surface area (Å²) < 4.78 is 68.7. The number of anilines is 1. The Morgan fingerprint density at radius 1 is 0.867 bits per heavy atom. The number of fused-ring (bicyclic) bond motifs is 1. The van der Waals surface area contributed by atoms with Gasteiger partial charge in [-0.3, -0.25) is 4.72 Å². The Bertz CT molecular complexity index is 1260. The molecule has 0 saturated heterocycles. The molecule has 0 atom stereocenters. The predicted octanol–water partition coefficient (Wildman–Crippen LogP) is 5.53. The van der Waals surface area contributed by atoms with Crippen molar-refractivity contribution in [3.8, 4) is 17.0 Å². The topological polar surface area (TPSA) is 71.2 Å². The summed E-state index contributed by atoms with van der Waals surface area (Å²) in [7, 11) is -4.04. The summed E-state index contributed by atoms with van der Waals surface area (Å²) in [6, 6.07) is 20.4. The molecule has 0 bridgehead atoms. The van der Waals surface area contributed by atoms with Crippen LogP contribution in [0.3, 0.4) is 0 Å². The SMILES string of the molecule is O=S(=O)(Nc1ccccc1-c1cc2ccccc2[nH]1)c1ccc(OC(F)(F)F)cc1. The lowest BCUT2D eigenvalue weighted by molar-refractivity contribution is -0.274. The van der Waals surface area contributed by atoms with Crippen molar-refractivity contribution in [3.63, 3.8) is 0 Å². The zero-order valence-corrected chi connectivity index (χ0v) is 16.1. The van der Waals surface area contributed by atoms with Gasteiger partial charge in [0.05, 0.1) is 10.6 Å². The highest BCUT2D eigenvalue weighted by Crippen LogP contribution is 2.32. The van der Waals surface area contributed by atoms with Crippen LogP contribution in [0.4, 0.5) is 18.9 Å². The van der Waals surface area contributed by atoms with Gasteiger partial charge in [0.25, 0.3) is 10.0 Å². The van der Waals surface area contributed by atoms with Crippen molar-refractivity contribution in [2.75, 3.05) is 4.72 Å². The number of H-pyrrole nitrogens is 1. The van der Waals surface area contributed by atoms with Gasteiger partial charge < -0.3 is 9.72 Å². The number of hydrogen-bond donors (Lipinski definition) is 2. The summed E-state index contributed by atoms with van der Waals surface area (Å²) in [6.07, 6.45) is -4.85. The van der Waals surface area contributed by atoms with E-state index in [2.05, 4.69) is 14.4 Å². The molecule has 9 heteroatoms. The summed E-state index contributed by atoms with van der Waals surface area (Å²) in [5.74, 6) is -0.500. The van der Waals surface area contributed by atoms with E-state index in [1.807, 2.05) is 30.3 Å². The van der Waals surface area contributed by atoms with E-state index >= 15 is 0 Å². The fourth-order valence-electron chi connectivity index (χ4n) is 3.05. The zero-order chi connectivity index (χ0) is 21.4. The van der Waals surface area contributed by atoms with E-state index in [9.17, 15) is 21.6 Å². The maximum atomic E-state index is 12.8. The van der Waals surface area contributed by atoms with E-state index in [1.54, 1.807) is 24.3 Å². The third-order valence-electron chi connectivity index (χ3n) is 4.36. The molecule has 0 radical (unpaired) electrons. The number of sulfonamides is 1. The molecule has 154 valence electrons. The first-order valence-electron chi connectivity index (χ1n) is 8.77. The highest BCUT2D eigenvalue weighted by Gasteiger charge is 2.31. The highest BCUT2D eigenvalue weighted by molar-refractivity contribution is 7.92. The number of nitrogens with one attached hydrogen (secondary N) is 2. The quantitative estimate of drug-likeness (QED) is 0.435. The summed E-state index contributed by atoms with van der Waals surface area (Å²) in [6.45, 7) is 0. The van der Waals surface area contributed by atoms with Gasteiger partial charge in [0.2, 0.25) is 0 Å². The molecule has 0 spiro atoms. The monoisotopic (exact) mass is 432 g/mol. The average molecular weight is 432 g/mol. The maximum Gasteiger partial charge on any atom is 0.573 e. The third-order valence-corrected chi connectivity index (χ3v) is 5.74. The van der Waals surface area contributed by atoms with Crippen LogP contribution in [0.15, 0.2) is 83.8 Å². The average Bonchev–Trinajstić information content (AvgIpc) is 3.11. The van der Waals surface area contributed by atoms with E-state index in [0.29, 0.717) is 11.3 Å². The van der Waals surface area contributed by atoms with Gasteiger partial charge in [-0.2, -0.15) is 0 Å². The van der Waals surface area contributed by atoms with Crippen molar-refractivity contribution in [1.29, 1.82) is 0 Å². The number of aromatic amines is 1. The molecule has 0 amide bonds. The predicted molar refractivity (Wildman–Crippen MR) is 108 cm³/mol.